The van der Waals surface area contributed by atoms with E-state index in [0.29, 0.717) is 17.4 Å². The molecule has 3 unspecified atom stereocenters. The van der Waals surface area contributed by atoms with Crippen molar-refractivity contribution in [3.05, 3.63) is 34.9 Å². The second-order valence-electron chi connectivity index (χ2n) is 4.75. The maximum atomic E-state index is 11.5. The summed E-state index contributed by atoms with van der Waals surface area (Å²) in [5.41, 5.74) is 0.166. The molecule has 1 aliphatic rings. The Morgan fingerprint density at radius 3 is 2.31 bits per heavy atom. The Kier molecular flexibility index (Phi) is 2.70. The number of rotatable bonds is 2. The summed E-state index contributed by atoms with van der Waals surface area (Å²) in [5, 5.41) is 10.1. The first kappa shape index (κ1) is 11.5. The number of carbonyl (C=O) groups is 1. The standard InChI is InChI=1S/C13H15ClO2/c1-8-7-13(9(8)2,12(15)16)10-3-5-11(14)6-4-10/h3-6,8-9H,7H2,1-2H3,(H,15,16). The van der Waals surface area contributed by atoms with Crippen molar-refractivity contribution in [1.82, 2.24) is 0 Å². The largest absolute Gasteiger partial charge is 0.481 e. The van der Waals surface area contributed by atoms with Crippen LogP contribution in [0.4, 0.5) is 0 Å². The molecule has 2 rings (SSSR count). The lowest BCUT2D eigenvalue weighted by atomic mass is 9.52. The first-order chi connectivity index (χ1) is 7.48. The number of hydrogen-bond donors (Lipinski definition) is 1. The summed E-state index contributed by atoms with van der Waals surface area (Å²) in [5.74, 6) is -0.0848. The van der Waals surface area contributed by atoms with E-state index >= 15 is 0 Å². The molecule has 16 heavy (non-hydrogen) atoms. The SMILES string of the molecule is CC1CC(C(=O)O)(c2ccc(Cl)cc2)C1C. The molecule has 0 heterocycles. The molecule has 0 bridgehead atoms. The first-order valence-electron chi connectivity index (χ1n) is 5.48. The van der Waals surface area contributed by atoms with Crippen LogP contribution in [0, 0.1) is 11.8 Å². The normalized spacial score (nSPS) is 33.2. The average Bonchev–Trinajstić information content (AvgIpc) is 2.26. The van der Waals surface area contributed by atoms with Gasteiger partial charge in [0.2, 0.25) is 0 Å². The number of aliphatic carboxylic acids is 1. The highest BCUT2D eigenvalue weighted by Gasteiger charge is 2.55. The predicted molar refractivity (Wildman–Crippen MR) is 63.7 cm³/mol. The van der Waals surface area contributed by atoms with Crippen molar-refractivity contribution < 1.29 is 9.90 Å². The van der Waals surface area contributed by atoms with Gasteiger partial charge in [-0.3, -0.25) is 4.79 Å². The van der Waals surface area contributed by atoms with Gasteiger partial charge in [0.05, 0.1) is 5.41 Å². The van der Waals surface area contributed by atoms with Gasteiger partial charge in [-0.2, -0.15) is 0 Å². The van der Waals surface area contributed by atoms with Crippen LogP contribution in [0.5, 0.6) is 0 Å². The lowest BCUT2D eigenvalue weighted by Crippen LogP contribution is -2.54. The van der Waals surface area contributed by atoms with Crippen LogP contribution in [0.3, 0.4) is 0 Å². The summed E-state index contributed by atoms with van der Waals surface area (Å²) in [7, 11) is 0. The van der Waals surface area contributed by atoms with E-state index < -0.39 is 11.4 Å². The molecule has 3 atom stereocenters. The van der Waals surface area contributed by atoms with Crippen LogP contribution in [-0.2, 0) is 10.2 Å². The molecule has 1 aliphatic carbocycles. The Balaban J connectivity index is 2.42. The number of carboxylic acid groups (broad SMARTS) is 1. The number of benzene rings is 1. The molecule has 1 saturated carbocycles. The second kappa shape index (κ2) is 3.77. The Morgan fingerprint density at radius 1 is 1.38 bits per heavy atom. The van der Waals surface area contributed by atoms with Gasteiger partial charge in [0.1, 0.15) is 0 Å². The summed E-state index contributed by atoms with van der Waals surface area (Å²) in [6.45, 7) is 4.11. The van der Waals surface area contributed by atoms with E-state index in [-0.39, 0.29) is 5.92 Å². The summed E-state index contributed by atoms with van der Waals surface area (Å²) in [6.07, 6.45) is 0.713. The summed E-state index contributed by atoms with van der Waals surface area (Å²) in [4.78, 5) is 11.5. The Bertz CT molecular complexity index is 412. The van der Waals surface area contributed by atoms with E-state index in [1.807, 2.05) is 19.1 Å². The molecule has 3 heteroatoms. The fourth-order valence-corrected chi connectivity index (χ4v) is 2.86. The highest BCUT2D eigenvalue weighted by atomic mass is 35.5. The molecular weight excluding hydrogens is 224 g/mol. The third-order valence-corrected chi connectivity index (χ3v) is 4.27. The quantitative estimate of drug-likeness (QED) is 0.858. The third-order valence-electron chi connectivity index (χ3n) is 4.02. The van der Waals surface area contributed by atoms with Gasteiger partial charge in [-0.15, -0.1) is 0 Å². The van der Waals surface area contributed by atoms with Crippen molar-refractivity contribution in [1.29, 1.82) is 0 Å². The molecule has 0 amide bonds. The van der Waals surface area contributed by atoms with Gasteiger partial charge in [-0.25, -0.2) is 0 Å². The van der Waals surface area contributed by atoms with Crippen LogP contribution in [0.1, 0.15) is 25.8 Å². The van der Waals surface area contributed by atoms with Gasteiger partial charge in [0, 0.05) is 5.02 Å². The van der Waals surface area contributed by atoms with E-state index in [1.165, 1.54) is 0 Å². The van der Waals surface area contributed by atoms with Gasteiger partial charge >= 0.3 is 5.97 Å². The van der Waals surface area contributed by atoms with E-state index in [2.05, 4.69) is 6.92 Å². The molecule has 0 spiro atoms. The highest BCUT2D eigenvalue weighted by Crippen LogP contribution is 2.52. The van der Waals surface area contributed by atoms with Gasteiger partial charge in [0.25, 0.3) is 0 Å². The molecule has 1 N–H and O–H groups in total. The van der Waals surface area contributed by atoms with E-state index in [9.17, 15) is 9.90 Å². The molecule has 0 radical (unpaired) electrons. The highest BCUT2D eigenvalue weighted by molar-refractivity contribution is 6.30. The van der Waals surface area contributed by atoms with Crippen molar-refractivity contribution in [2.45, 2.75) is 25.7 Å². The van der Waals surface area contributed by atoms with Crippen LogP contribution in [-0.4, -0.2) is 11.1 Å². The van der Waals surface area contributed by atoms with Crippen molar-refractivity contribution in [3.8, 4) is 0 Å². The number of hydrogen-bond acceptors (Lipinski definition) is 1. The summed E-state index contributed by atoms with van der Waals surface area (Å²) < 4.78 is 0. The van der Waals surface area contributed by atoms with Gasteiger partial charge in [-0.05, 0) is 36.0 Å². The molecule has 2 nitrogen and oxygen atoms in total. The fourth-order valence-electron chi connectivity index (χ4n) is 2.73. The zero-order valence-corrected chi connectivity index (χ0v) is 10.2. The summed E-state index contributed by atoms with van der Waals surface area (Å²) >= 11 is 5.82. The molecule has 0 aromatic heterocycles. The van der Waals surface area contributed by atoms with E-state index in [0.717, 1.165) is 5.56 Å². The topological polar surface area (TPSA) is 37.3 Å². The predicted octanol–water partition coefficient (Wildman–Crippen LogP) is 3.34. The zero-order chi connectivity index (χ0) is 11.9. The van der Waals surface area contributed by atoms with Crippen molar-refractivity contribution >= 4 is 17.6 Å². The monoisotopic (exact) mass is 238 g/mol. The molecular formula is C13H15ClO2. The Labute approximate surface area is 100 Å². The van der Waals surface area contributed by atoms with Crippen LogP contribution in [0.2, 0.25) is 5.02 Å². The molecule has 0 saturated heterocycles. The molecule has 1 aromatic carbocycles. The van der Waals surface area contributed by atoms with Crippen LogP contribution >= 0.6 is 11.6 Å². The van der Waals surface area contributed by atoms with Gasteiger partial charge in [-0.1, -0.05) is 37.6 Å². The minimum atomic E-state index is -0.722. The second-order valence-corrected chi connectivity index (χ2v) is 5.19. The minimum Gasteiger partial charge on any atom is -0.481 e. The third kappa shape index (κ3) is 1.44. The number of halogens is 1. The molecule has 86 valence electrons. The van der Waals surface area contributed by atoms with Crippen molar-refractivity contribution in [3.63, 3.8) is 0 Å². The zero-order valence-electron chi connectivity index (χ0n) is 9.40. The van der Waals surface area contributed by atoms with Crippen molar-refractivity contribution in [2.75, 3.05) is 0 Å². The lowest BCUT2D eigenvalue weighted by molar-refractivity contribution is -0.154. The molecule has 1 fully saturated rings. The maximum absolute atomic E-state index is 11.5. The fraction of sp³-hybridized carbons (Fsp3) is 0.462. The number of carboxylic acids is 1. The minimum absolute atomic E-state index is 0.172. The summed E-state index contributed by atoms with van der Waals surface area (Å²) in [6, 6.07) is 7.19. The Morgan fingerprint density at radius 2 is 1.94 bits per heavy atom. The van der Waals surface area contributed by atoms with Gasteiger partial charge in [0.15, 0.2) is 0 Å². The van der Waals surface area contributed by atoms with E-state index in [4.69, 9.17) is 11.6 Å². The average molecular weight is 239 g/mol. The molecule has 0 aliphatic heterocycles. The smallest absolute Gasteiger partial charge is 0.314 e. The Hall–Kier alpha value is -1.02. The van der Waals surface area contributed by atoms with Crippen LogP contribution < -0.4 is 0 Å². The van der Waals surface area contributed by atoms with Gasteiger partial charge < -0.3 is 5.11 Å². The maximum Gasteiger partial charge on any atom is 0.314 e. The molecule has 1 aromatic rings. The van der Waals surface area contributed by atoms with E-state index in [1.54, 1.807) is 12.1 Å². The lowest BCUT2D eigenvalue weighted by Gasteiger charge is -2.50. The van der Waals surface area contributed by atoms with Crippen molar-refractivity contribution in [2.24, 2.45) is 11.8 Å². The van der Waals surface area contributed by atoms with Crippen LogP contribution in [0.25, 0.3) is 0 Å². The van der Waals surface area contributed by atoms with Crippen LogP contribution in [0.15, 0.2) is 24.3 Å². The first-order valence-corrected chi connectivity index (χ1v) is 5.85.